The van der Waals surface area contributed by atoms with E-state index >= 15 is 0 Å². The molecule has 1 fully saturated rings. The van der Waals surface area contributed by atoms with Crippen molar-refractivity contribution in [2.75, 3.05) is 40.0 Å². The first-order chi connectivity index (χ1) is 15.1. The highest BCUT2D eigenvalue weighted by Gasteiger charge is 2.23. The largest absolute Gasteiger partial charge is 0.497 e. The Morgan fingerprint density at radius 1 is 1.06 bits per heavy atom. The number of morpholine rings is 1. The quantitative estimate of drug-likeness (QED) is 0.563. The van der Waals surface area contributed by atoms with Crippen molar-refractivity contribution in [2.24, 2.45) is 0 Å². The highest BCUT2D eigenvalue weighted by molar-refractivity contribution is 6.30. The van der Waals surface area contributed by atoms with Crippen LogP contribution in [-0.4, -0.2) is 56.5 Å². The van der Waals surface area contributed by atoms with Crippen molar-refractivity contribution in [3.63, 3.8) is 0 Å². The first-order valence-electron chi connectivity index (χ1n) is 10.6. The summed E-state index contributed by atoms with van der Waals surface area (Å²) in [5, 5.41) is 3.73. The van der Waals surface area contributed by atoms with Gasteiger partial charge in [-0.3, -0.25) is 14.5 Å². The molecule has 7 heteroatoms. The summed E-state index contributed by atoms with van der Waals surface area (Å²) in [4.78, 5) is 27.0. The Labute approximate surface area is 188 Å². The molecule has 2 aromatic carbocycles. The minimum absolute atomic E-state index is 0.0304. The third kappa shape index (κ3) is 7.06. The van der Waals surface area contributed by atoms with Crippen LogP contribution in [0.1, 0.15) is 41.2 Å². The number of nitrogens with one attached hydrogen (secondary N) is 1. The zero-order valence-corrected chi connectivity index (χ0v) is 18.6. The van der Waals surface area contributed by atoms with Crippen molar-refractivity contribution in [3.05, 3.63) is 64.7 Å². The molecule has 1 N–H and O–H groups in total. The standard InChI is InChI=1S/C24H29ClN2O4/c1-30-21-11-7-19(8-12-21)23(28)3-2-4-24(29)26-17-22(27-13-15-31-16-14-27)18-5-9-20(25)10-6-18/h5-12,22H,2-4,13-17H2,1H3,(H,26,29). The lowest BCUT2D eigenvalue weighted by molar-refractivity contribution is -0.121. The van der Waals surface area contributed by atoms with Crippen molar-refractivity contribution in [3.8, 4) is 5.75 Å². The van der Waals surface area contributed by atoms with Gasteiger partial charge < -0.3 is 14.8 Å². The Hall–Kier alpha value is -2.41. The zero-order chi connectivity index (χ0) is 22.1. The van der Waals surface area contributed by atoms with Crippen LogP contribution in [0.5, 0.6) is 5.75 Å². The highest BCUT2D eigenvalue weighted by atomic mass is 35.5. The van der Waals surface area contributed by atoms with E-state index in [2.05, 4.69) is 10.2 Å². The van der Waals surface area contributed by atoms with E-state index in [1.54, 1.807) is 31.4 Å². The van der Waals surface area contributed by atoms with Gasteiger partial charge in [0.15, 0.2) is 5.78 Å². The summed E-state index contributed by atoms with van der Waals surface area (Å²) in [5.41, 5.74) is 1.75. The van der Waals surface area contributed by atoms with Gasteiger partial charge in [-0.2, -0.15) is 0 Å². The molecule has 1 unspecified atom stereocenters. The Bertz CT molecular complexity index is 849. The molecule has 1 atom stereocenters. The number of ether oxygens (including phenoxy) is 2. The number of hydrogen-bond donors (Lipinski definition) is 1. The van der Waals surface area contributed by atoms with Crippen molar-refractivity contribution in [2.45, 2.75) is 25.3 Å². The van der Waals surface area contributed by atoms with E-state index in [9.17, 15) is 9.59 Å². The molecule has 3 rings (SSSR count). The minimum Gasteiger partial charge on any atom is -0.497 e. The van der Waals surface area contributed by atoms with Gasteiger partial charge in [0.05, 0.1) is 26.4 Å². The molecule has 0 saturated carbocycles. The maximum absolute atomic E-state index is 12.4. The molecule has 6 nitrogen and oxygen atoms in total. The Kier molecular flexibility index (Phi) is 8.88. The molecule has 0 radical (unpaired) electrons. The number of amides is 1. The van der Waals surface area contributed by atoms with Gasteiger partial charge in [0, 0.05) is 43.1 Å². The molecule has 31 heavy (non-hydrogen) atoms. The van der Waals surface area contributed by atoms with Crippen molar-refractivity contribution < 1.29 is 19.1 Å². The Morgan fingerprint density at radius 2 is 1.74 bits per heavy atom. The summed E-state index contributed by atoms with van der Waals surface area (Å²) in [6.07, 6.45) is 1.17. The van der Waals surface area contributed by atoms with Crippen LogP contribution in [-0.2, 0) is 9.53 Å². The number of carbonyl (C=O) groups is 2. The van der Waals surface area contributed by atoms with E-state index in [0.29, 0.717) is 55.4 Å². The lowest BCUT2D eigenvalue weighted by Gasteiger charge is -2.35. The van der Waals surface area contributed by atoms with E-state index in [1.807, 2.05) is 24.3 Å². The summed E-state index contributed by atoms with van der Waals surface area (Å²) in [7, 11) is 1.59. The molecular formula is C24H29ClN2O4. The monoisotopic (exact) mass is 444 g/mol. The SMILES string of the molecule is COc1ccc(C(=O)CCCC(=O)NCC(c2ccc(Cl)cc2)N2CCOCC2)cc1. The van der Waals surface area contributed by atoms with E-state index in [1.165, 1.54) is 0 Å². The van der Waals surface area contributed by atoms with Crippen molar-refractivity contribution in [1.29, 1.82) is 0 Å². The fourth-order valence-electron chi connectivity index (χ4n) is 3.66. The summed E-state index contributed by atoms with van der Waals surface area (Å²) in [5.74, 6) is 0.698. The normalized spacial score (nSPS) is 15.3. The number of benzene rings is 2. The van der Waals surface area contributed by atoms with E-state index in [-0.39, 0.29) is 17.7 Å². The first kappa shape index (κ1) is 23.3. The maximum atomic E-state index is 12.4. The average Bonchev–Trinajstić information content (AvgIpc) is 2.81. The van der Waals surface area contributed by atoms with Gasteiger partial charge in [0.2, 0.25) is 5.91 Å². The summed E-state index contributed by atoms with van der Waals surface area (Å²) >= 11 is 6.03. The molecule has 1 amide bonds. The van der Waals surface area contributed by atoms with E-state index < -0.39 is 0 Å². The molecule has 0 aliphatic carbocycles. The van der Waals surface area contributed by atoms with Crippen LogP contribution in [0.15, 0.2) is 48.5 Å². The van der Waals surface area contributed by atoms with Crippen molar-refractivity contribution in [1.82, 2.24) is 10.2 Å². The van der Waals surface area contributed by atoms with Gasteiger partial charge in [-0.25, -0.2) is 0 Å². The van der Waals surface area contributed by atoms with Crippen LogP contribution in [0.2, 0.25) is 5.02 Å². The number of carbonyl (C=O) groups excluding carboxylic acids is 2. The van der Waals surface area contributed by atoms with Gasteiger partial charge >= 0.3 is 0 Å². The molecule has 0 spiro atoms. The van der Waals surface area contributed by atoms with E-state index in [0.717, 1.165) is 18.7 Å². The molecular weight excluding hydrogens is 416 g/mol. The fourth-order valence-corrected chi connectivity index (χ4v) is 3.79. The van der Waals surface area contributed by atoms with E-state index in [4.69, 9.17) is 21.1 Å². The van der Waals surface area contributed by atoms with Crippen molar-refractivity contribution >= 4 is 23.3 Å². The van der Waals surface area contributed by atoms with Crippen LogP contribution < -0.4 is 10.1 Å². The van der Waals surface area contributed by atoms with Crippen LogP contribution in [0, 0.1) is 0 Å². The van der Waals surface area contributed by atoms with Gasteiger partial charge in [-0.05, 0) is 48.4 Å². The molecule has 0 aromatic heterocycles. The molecule has 0 bridgehead atoms. The van der Waals surface area contributed by atoms with Crippen LogP contribution >= 0.6 is 11.6 Å². The smallest absolute Gasteiger partial charge is 0.220 e. The number of Topliss-reactive ketones (excluding diaryl/α,β-unsaturated/α-hetero) is 1. The maximum Gasteiger partial charge on any atom is 0.220 e. The van der Waals surface area contributed by atoms with Crippen LogP contribution in [0.25, 0.3) is 0 Å². The Morgan fingerprint density at radius 3 is 2.39 bits per heavy atom. The topological polar surface area (TPSA) is 67.9 Å². The minimum atomic E-state index is -0.0465. The van der Waals surface area contributed by atoms with Gasteiger partial charge in [0.25, 0.3) is 0 Å². The number of hydrogen-bond acceptors (Lipinski definition) is 5. The molecule has 1 heterocycles. The second-order valence-corrected chi connectivity index (χ2v) is 7.96. The van der Waals surface area contributed by atoms with Crippen LogP contribution in [0.3, 0.4) is 0 Å². The molecule has 1 aliphatic heterocycles. The molecule has 1 saturated heterocycles. The van der Waals surface area contributed by atoms with Crippen LogP contribution in [0.4, 0.5) is 0 Å². The molecule has 2 aromatic rings. The Balaban J connectivity index is 1.48. The second-order valence-electron chi connectivity index (χ2n) is 7.52. The highest BCUT2D eigenvalue weighted by Crippen LogP contribution is 2.23. The zero-order valence-electron chi connectivity index (χ0n) is 17.8. The number of rotatable bonds is 10. The predicted molar refractivity (Wildman–Crippen MR) is 121 cm³/mol. The lowest BCUT2D eigenvalue weighted by atomic mass is 10.0. The fraction of sp³-hybridized carbons (Fsp3) is 0.417. The summed E-state index contributed by atoms with van der Waals surface area (Å²) in [6, 6.07) is 14.8. The third-order valence-corrected chi connectivity index (χ3v) is 5.71. The number of nitrogens with zero attached hydrogens (tertiary/aromatic N) is 1. The third-order valence-electron chi connectivity index (χ3n) is 5.45. The van der Waals surface area contributed by atoms with Gasteiger partial charge in [0.1, 0.15) is 5.75 Å². The summed E-state index contributed by atoms with van der Waals surface area (Å²) < 4.78 is 10.6. The predicted octanol–water partition coefficient (Wildman–Crippen LogP) is 3.89. The second kappa shape index (κ2) is 11.8. The lowest BCUT2D eigenvalue weighted by Crippen LogP contribution is -2.43. The first-order valence-corrected chi connectivity index (χ1v) is 11.0. The molecule has 166 valence electrons. The van der Waals surface area contributed by atoms with Gasteiger partial charge in [-0.1, -0.05) is 23.7 Å². The number of methoxy groups -OCH3 is 1. The van der Waals surface area contributed by atoms with Gasteiger partial charge in [-0.15, -0.1) is 0 Å². The molecule has 1 aliphatic rings. The number of halogens is 1. The summed E-state index contributed by atoms with van der Waals surface area (Å²) in [6.45, 7) is 3.52. The number of ketones is 1. The average molecular weight is 445 g/mol.